The van der Waals surface area contributed by atoms with Crippen molar-refractivity contribution >= 4 is 16.1 Å². The van der Waals surface area contributed by atoms with Crippen LogP contribution in [-0.4, -0.2) is 68.6 Å². The van der Waals surface area contributed by atoms with E-state index in [0.29, 0.717) is 6.61 Å². The average Bonchev–Trinajstić information content (AvgIpc) is 3.13. The van der Waals surface area contributed by atoms with Crippen LogP contribution in [0.5, 0.6) is 0 Å². The van der Waals surface area contributed by atoms with Crippen molar-refractivity contribution in [3.8, 4) is 0 Å². The van der Waals surface area contributed by atoms with Gasteiger partial charge in [-0.2, -0.15) is 34.8 Å². The SMILES string of the molecule is O=C(CCOCC1CO1)OC(CS(=O)(=O)O)(C(F)(F)F)C(F)(F)F. The minimum atomic E-state index is -6.33. The maximum atomic E-state index is 12.8. The van der Waals surface area contributed by atoms with Gasteiger partial charge in [0.1, 0.15) is 11.9 Å². The molecule has 1 unspecified atom stereocenters. The molecule has 1 rings (SSSR count). The van der Waals surface area contributed by atoms with E-state index in [1.807, 2.05) is 0 Å². The normalized spacial score (nSPS) is 19.2. The van der Waals surface area contributed by atoms with E-state index in [0.717, 1.165) is 0 Å². The highest BCUT2D eigenvalue weighted by atomic mass is 32.2. The molecule has 0 aromatic heterocycles. The largest absolute Gasteiger partial charge is 0.438 e. The van der Waals surface area contributed by atoms with Gasteiger partial charge >= 0.3 is 23.9 Å². The molecule has 0 aromatic carbocycles. The Morgan fingerprint density at radius 1 is 1.17 bits per heavy atom. The summed E-state index contributed by atoms with van der Waals surface area (Å²) in [6.45, 7) is -0.192. The van der Waals surface area contributed by atoms with Crippen molar-refractivity contribution in [3.05, 3.63) is 0 Å². The molecular weight excluding hydrogens is 378 g/mol. The molecule has 1 saturated heterocycles. The highest BCUT2D eigenvalue weighted by molar-refractivity contribution is 7.85. The smallest absolute Gasteiger partial charge is 0.438 e. The molecule has 1 fully saturated rings. The number of epoxide rings is 1. The van der Waals surface area contributed by atoms with E-state index in [1.165, 1.54) is 0 Å². The number of esters is 1. The first-order valence-corrected chi connectivity index (χ1v) is 7.79. The molecule has 0 radical (unpaired) electrons. The molecule has 0 amide bonds. The Bertz CT molecular complexity index is 537. The van der Waals surface area contributed by atoms with Gasteiger partial charge in [-0.25, -0.2) is 0 Å². The number of halogens is 6. The summed E-state index contributed by atoms with van der Waals surface area (Å²) in [5.74, 6) is -4.90. The van der Waals surface area contributed by atoms with Gasteiger partial charge in [-0.1, -0.05) is 0 Å². The average molecular weight is 390 g/mol. The second-order valence-electron chi connectivity index (χ2n) is 4.80. The van der Waals surface area contributed by atoms with Crippen LogP contribution < -0.4 is 0 Å². The molecule has 1 atom stereocenters. The Labute approximate surface area is 131 Å². The number of ether oxygens (including phenoxy) is 3. The molecule has 24 heavy (non-hydrogen) atoms. The molecule has 1 aliphatic heterocycles. The van der Waals surface area contributed by atoms with Crippen molar-refractivity contribution in [2.45, 2.75) is 30.5 Å². The molecule has 0 spiro atoms. The third kappa shape index (κ3) is 5.75. The molecule has 1 N–H and O–H groups in total. The summed E-state index contributed by atoms with van der Waals surface area (Å²) < 4.78 is 120. The first kappa shape index (κ1) is 20.9. The van der Waals surface area contributed by atoms with Crippen LogP contribution in [0.15, 0.2) is 0 Å². The third-order valence-corrected chi connectivity index (χ3v) is 3.52. The van der Waals surface area contributed by atoms with E-state index in [2.05, 4.69) is 4.74 Å². The lowest BCUT2D eigenvalue weighted by Crippen LogP contribution is -2.63. The minimum absolute atomic E-state index is 0.0119. The lowest BCUT2D eigenvalue weighted by atomic mass is 10.1. The van der Waals surface area contributed by atoms with Crippen LogP contribution in [0.25, 0.3) is 0 Å². The number of hydrogen-bond donors (Lipinski definition) is 1. The highest BCUT2D eigenvalue weighted by Gasteiger charge is 2.75. The van der Waals surface area contributed by atoms with E-state index >= 15 is 0 Å². The van der Waals surface area contributed by atoms with Gasteiger partial charge in [-0.05, 0) is 0 Å². The minimum Gasteiger partial charge on any atom is -0.438 e. The molecule has 7 nitrogen and oxygen atoms in total. The van der Waals surface area contributed by atoms with Gasteiger partial charge in [0.2, 0.25) is 0 Å². The predicted molar refractivity (Wildman–Crippen MR) is 62.5 cm³/mol. The molecular formula is C10H12F6O7S. The Morgan fingerprint density at radius 3 is 2.04 bits per heavy atom. The summed E-state index contributed by atoms with van der Waals surface area (Å²) in [5.41, 5.74) is -5.38. The molecule has 14 heteroatoms. The maximum absolute atomic E-state index is 12.8. The van der Waals surface area contributed by atoms with Crippen LogP contribution >= 0.6 is 0 Å². The molecule has 1 heterocycles. The highest BCUT2D eigenvalue weighted by Crippen LogP contribution is 2.46. The number of alkyl halides is 6. The van der Waals surface area contributed by atoms with Gasteiger partial charge in [-0.3, -0.25) is 9.35 Å². The summed E-state index contributed by atoms with van der Waals surface area (Å²) in [7, 11) is -5.79. The van der Waals surface area contributed by atoms with Crippen molar-refractivity contribution in [3.63, 3.8) is 0 Å². The van der Waals surface area contributed by atoms with Crippen LogP contribution in [0.3, 0.4) is 0 Å². The predicted octanol–water partition coefficient (Wildman–Crippen LogP) is 1.09. The first-order valence-electron chi connectivity index (χ1n) is 6.18. The van der Waals surface area contributed by atoms with Gasteiger partial charge in [0.15, 0.2) is 0 Å². The van der Waals surface area contributed by atoms with E-state index in [9.17, 15) is 39.6 Å². The van der Waals surface area contributed by atoms with Gasteiger partial charge in [0, 0.05) is 0 Å². The zero-order chi connectivity index (χ0) is 18.8. The van der Waals surface area contributed by atoms with Crippen molar-refractivity contribution in [1.29, 1.82) is 0 Å². The standard InChI is InChI=1S/C10H12F6O7S/c11-9(12,13)8(10(14,15)16,5-24(18,19)20)23-7(17)1-2-21-3-6-4-22-6/h6H,1-5H2,(H,18,19,20). The van der Waals surface area contributed by atoms with Crippen molar-refractivity contribution in [2.75, 3.05) is 25.6 Å². The fraction of sp³-hybridized carbons (Fsp3) is 0.900. The van der Waals surface area contributed by atoms with Crippen LogP contribution in [0.2, 0.25) is 0 Å². The zero-order valence-corrected chi connectivity index (χ0v) is 12.5. The molecule has 0 saturated carbocycles. The maximum Gasteiger partial charge on any atom is 0.438 e. The lowest BCUT2D eigenvalue weighted by molar-refractivity contribution is -0.361. The van der Waals surface area contributed by atoms with Crippen molar-refractivity contribution in [1.82, 2.24) is 0 Å². The van der Waals surface area contributed by atoms with Crippen molar-refractivity contribution < 1.29 is 58.3 Å². The van der Waals surface area contributed by atoms with Gasteiger partial charge in [0.25, 0.3) is 10.1 Å². The molecule has 0 aromatic rings. The number of rotatable bonds is 8. The Kier molecular flexibility index (Phi) is 6.11. The summed E-state index contributed by atoms with van der Waals surface area (Å²) >= 11 is 0. The topological polar surface area (TPSA) is 102 Å². The third-order valence-electron chi connectivity index (χ3n) is 2.75. The van der Waals surface area contributed by atoms with Gasteiger partial charge < -0.3 is 14.2 Å². The summed E-state index contributed by atoms with van der Waals surface area (Å²) in [4.78, 5) is 11.3. The van der Waals surface area contributed by atoms with Crippen LogP contribution in [0.4, 0.5) is 26.3 Å². The fourth-order valence-electron chi connectivity index (χ4n) is 1.51. The Morgan fingerprint density at radius 2 is 1.67 bits per heavy atom. The Hall–Kier alpha value is -1.12. The van der Waals surface area contributed by atoms with Gasteiger partial charge in [0.05, 0.1) is 26.2 Å². The number of carbonyl (C=O) groups is 1. The second-order valence-corrected chi connectivity index (χ2v) is 6.26. The van der Waals surface area contributed by atoms with Crippen LogP contribution in [-0.2, 0) is 29.1 Å². The van der Waals surface area contributed by atoms with E-state index in [-0.39, 0.29) is 12.7 Å². The van der Waals surface area contributed by atoms with Crippen molar-refractivity contribution in [2.24, 2.45) is 0 Å². The summed E-state index contributed by atoms with van der Waals surface area (Å²) in [6.07, 6.45) is -13.9. The molecule has 0 bridgehead atoms. The number of hydrogen-bond acceptors (Lipinski definition) is 6. The monoisotopic (exact) mass is 390 g/mol. The second kappa shape index (κ2) is 7.01. The quantitative estimate of drug-likeness (QED) is 0.218. The summed E-state index contributed by atoms with van der Waals surface area (Å²) in [5, 5.41) is 0. The van der Waals surface area contributed by atoms with Crippen LogP contribution in [0.1, 0.15) is 6.42 Å². The summed E-state index contributed by atoms with van der Waals surface area (Å²) in [6, 6.07) is 0. The fourth-order valence-corrected chi connectivity index (χ4v) is 2.41. The van der Waals surface area contributed by atoms with E-state index < -0.39 is 52.8 Å². The van der Waals surface area contributed by atoms with Gasteiger partial charge in [-0.15, -0.1) is 0 Å². The molecule has 1 aliphatic rings. The van der Waals surface area contributed by atoms with Crippen LogP contribution in [0, 0.1) is 0 Å². The molecule has 142 valence electrons. The Balaban J connectivity index is 2.88. The first-order chi connectivity index (χ1) is 10.7. The zero-order valence-electron chi connectivity index (χ0n) is 11.7. The van der Waals surface area contributed by atoms with E-state index in [1.54, 1.807) is 0 Å². The van der Waals surface area contributed by atoms with E-state index in [4.69, 9.17) is 14.0 Å². The molecule has 0 aliphatic carbocycles. The number of carbonyl (C=O) groups excluding carboxylic acids is 1. The lowest BCUT2D eigenvalue weighted by Gasteiger charge is -2.35.